The van der Waals surface area contributed by atoms with Gasteiger partial charge >= 0.3 is 0 Å². The van der Waals surface area contributed by atoms with E-state index in [0.29, 0.717) is 0 Å². The van der Waals surface area contributed by atoms with E-state index in [1.165, 1.54) is 5.56 Å². The molecule has 1 aromatic carbocycles. The third-order valence-corrected chi connectivity index (χ3v) is 2.81. The van der Waals surface area contributed by atoms with Crippen molar-refractivity contribution in [1.82, 2.24) is 5.32 Å². The van der Waals surface area contributed by atoms with Gasteiger partial charge in [-0.15, -0.1) is 0 Å². The van der Waals surface area contributed by atoms with Gasteiger partial charge in [-0.3, -0.25) is 0 Å². The van der Waals surface area contributed by atoms with Crippen molar-refractivity contribution in [2.45, 2.75) is 32.4 Å². The molecule has 2 atom stereocenters. The number of hydrogen-bond acceptors (Lipinski definition) is 3. The largest absolute Gasteiger partial charge is 0.497 e. The molecule has 0 aliphatic heterocycles. The van der Waals surface area contributed by atoms with E-state index < -0.39 is 0 Å². The monoisotopic (exact) mass is 223 g/mol. The Morgan fingerprint density at radius 1 is 1.31 bits per heavy atom. The zero-order valence-electron chi connectivity index (χ0n) is 10.2. The number of ether oxygens (including phenoxy) is 1. The van der Waals surface area contributed by atoms with E-state index >= 15 is 0 Å². The summed E-state index contributed by atoms with van der Waals surface area (Å²) in [4.78, 5) is 0. The summed E-state index contributed by atoms with van der Waals surface area (Å²) in [5.74, 6) is 0.866. The van der Waals surface area contributed by atoms with Crippen LogP contribution in [0.2, 0.25) is 0 Å². The maximum Gasteiger partial charge on any atom is 0.118 e. The number of rotatable bonds is 6. The van der Waals surface area contributed by atoms with E-state index in [4.69, 9.17) is 9.84 Å². The first kappa shape index (κ1) is 13.0. The van der Waals surface area contributed by atoms with Crippen LogP contribution in [0.25, 0.3) is 0 Å². The summed E-state index contributed by atoms with van der Waals surface area (Å²) in [6.45, 7) is 4.34. The average molecular weight is 223 g/mol. The molecule has 2 unspecified atom stereocenters. The summed E-state index contributed by atoms with van der Waals surface area (Å²) in [6, 6.07) is 8.39. The number of benzene rings is 1. The van der Waals surface area contributed by atoms with Crippen LogP contribution in [-0.4, -0.2) is 24.9 Å². The second-order valence-corrected chi connectivity index (χ2v) is 3.95. The van der Waals surface area contributed by atoms with Crippen LogP contribution in [0.3, 0.4) is 0 Å². The summed E-state index contributed by atoms with van der Waals surface area (Å²) in [7, 11) is 1.66. The first-order valence-corrected chi connectivity index (χ1v) is 5.72. The molecule has 0 aromatic heterocycles. The Bertz CT molecular complexity index is 293. The van der Waals surface area contributed by atoms with E-state index in [1.54, 1.807) is 7.11 Å². The Labute approximate surface area is 97.4 Å². The van der Waals surface area contributed by atoms with Crippen LogP contribution in [0.1, 0.15) is 31.9 Å². The van der Waals surface area contributed by atoms with Crippen LogP contribution in [0.4, 0.5) is 0 Å². The van der Waals surface area contributed by atoms with Crippen molar-refractivity contribution in [3.05, 3.63) is 29.8 Å². The lowest BCUT2D eigenvalue weighted by Gasteiger charge is -2.20. The second-order valence-electron chi connectivity index (χ2n) is 3.95. The average Bonchev–Trinajstić information content (AvgIpc) is 2.35. The van der Waals surface area contributed by atoms with Crippen LogP contribution >= 0.6 is 0 Å². The minimum absolute atomic E-state index is 0.164. The lowest BCUT2D eigenvalue weighted by atomic mass is 10.1. The van der Waals surface area contributed by atoms with Gasteiger partial charge in [0.05, 0.1) is 13.7 Å². The van der Waals surface area contributed by atoms with Crippen molar-refractivity contribution < 1.29 is 9.84 Å². The fraction of sp³-hybridized carbons (Fsp3) is 0.538. The summed E-state index contributed by atoms with van der Waals surface area (Å²) >= 11 is 0. The van der Waals surface area contributed by atoms with E-state index in [2.05, 4.69) is 19.2 Å². The highest BCUT2D eigenvalue weighted by Gasteiger charge is 2.10. The molecule has 3 heteroatoms. The SMILES string of the molecule is CCC(CO)NC(C)c1ccc(OC)cc1. The van der Waals surface area contributed by atoms with Crippen LogP contribution in [0, 0.1) is 0 Å². The van der Waals surface area contributed by atoms with Gasteiger partial charge in [-0.25, -0.2) is 0 Å². The molecule has 0 heterocycles. The molecule has 3 nitrogen and oxygen atoms in total. The van der Waals surface area contributed by atoms with Crippen LogP contribution in [0.15, 0.2) is 24.3 Å². The summed E-state index contributed by atoms with van der Waals surface area (Å²) in [5, 5.41) is 12.5. The highest BCUT2D eigenvalue weighted by atomic mass is 16.5. The molecule has 16 heavy (non-hydrogen) atoms. The molecular weight excluding hydrogens is 202 g/mol. The highest BCUT2D eigenvalue weighted by molar-refractivity contribution is 5.28. The topological polar surface area (TPSA) is 41.5 Å². The van der Waals surface area contributed by atoms with Crippen molar-refractivity contribution in [3.8, 4) is 5.75 Å². The summed E-state index contributed by atoms with van der Waals surface area (Å²) < 4.78 is 5.11. The summed E-state index contributed by atoms with van der Waals surface area (Å²) in [6.07, 6.45) is 0.928. The first-order chi connectivity index (χ1) is 7.71. The minimum atomic E-state index is 0.164. The third kappa shape index (κ3) is 3.51. The van der Waals surface area contributed by atoms with E-state index in [-0.39, 0.29) is 18.7 Å². The molecule has 1 rings (SSSR count). The van der Waals surface area contributed by atoms with Gasteiger partial charge in [-0.1, -0.05) is 19.1 Å². The van der Waals surface area contributed by atoms with Gasteiger partial charge in [0.2, 0.25) is 0 Å². The van der Waals surface area contributed by atoms with Gasteiger partial charge in [-0.05, 0) is 31.0 Å². The smallest absolute Gasteiger partial charge is 0.118 e. The molecule has 0 radical (unpaired) electrons. The zero-order valence-corrected chi connectivity index (χ0v) is 10.2. The third-order valence-electron chi connectivity index (χ3n) is 2.81. The molecule has 0 saturated heterocycles. The fourth-order valence-electron chi connectivity index (χ4n) is 1.64. The number of aliphatic hydroxyl groups is 1. The van der Waals surface area contributed by atoms with Gasteiger partial charge in [0.15, 0.2) is 0 Å². The maximum absolute atomic E-state index is 9.12. The Balaban J connectivity index is 2.61. The molecule has 0 saturated carbocycles. The molecule has 90 valence electrons. The second kappa shape index (κ2) is 6.51. The molecule has 2 N–H and O–H groups in total. The number of nitrogens with one attached hydrogen (secondary N) is 1. The Morgan fingerprint density at radius 3 is 2.38 bits per heavy atom. The quantitative estimate of drug-likeness (QED) is 0.776. The molecule has 0 spiro atoms. The number of methoxy groups -OCH3 is 1. The Hall–Kier alpha value is -1.06. The predicted octanol–water partition coefficient (Wildman–Crippen LogP) is 2.12. The van der Waals surface area contributed by atoms with Gasteiger partial charge in [-0.2, -0.15) is 0 Å². The van der Waals surface area contributed by atoms with E-state index in [9.17, 15) is 0 Å². The van der Waals surface area contributed by atoms with Crippen molar-refractivity contribution in [3.63, 3.8) is 0 Å². The lowest BCUT2D eigenvalue weighted by molar-refractivity contribution is 0.230. The molecule has 0 amide bonds. The molecule has 0 bridgehead atoms. The summed E-state index contributed by atoms with van der Waals surface area (Å²) in [5.41, 5.74) is 1.20. The van der Waals surface area contributed by atoms with Gasteiger partial charge in [0.25, 0.3) is 0 Å². The number of hydrogen-bond donors (Lipinski definition) is 2. The van der Waals surface area contributed by atoms with Crippen LogP contribution < -0.4 is 10.1 Å². The van der Waals surface area contributed by atoms with Crippen LogP contribution in [-0.2, 0) is 0 Å². The molecular formula is C13H21NO2. The van der Waals surface area contributed by atoms with E-state index in [0.717, 1.165) is 12.2 Å². The minimum Gasteiger partial charge on any atom is -0.497 e. The molecule has 0 fully saturated rings. The van der Waals surface area contributed by atoms with Crippen molar-refractivity contribution >= 4 is 0 Å². The van der Waals surface area contributed by atoms with Crippen molar-refractivity contribution in [2.75, 3.05) is 13.7 Å². The van der Waals surface area contributed by atoms with Crippen molar-refractivity contribution in [2.24, 2.45) is 0 Å². The van der Waals surface area contributed by atoms with Gasteiger partial charge < -0.3 is 15.2 Å². The Kier molecular flexibility index (Phi) is 5.29. The fourth-order valence-corrected chi connectivity index (χ4v) is 1.64. The van der Waals surface area contributed by atoms with Crippen LogP contribution in [0.5, 0.6) is 5.75 Å². The number of aliphatic hydroxyl groups excluding tert-OH is 1. The predicted molar refractivity (Wildman–Crippen MR) is 65.7 cm³/mol. The Morgan fingerprint density at radius 2 is 1.94 bits per heavy atom. The molecule has 0 aliphatic rings. The van der Waals surface area contributed by atoms with E-state index in [1.807, 2.05) is 24.3 Å². The molecule has 1 aromatic rings. The normalized spacial score (nSPS) is 14.5. The molecule has 0 aliphatic carbocycles. The highest BCUT2D eigenvalue weighted by Crippen LogP contribution is 2.17. The van der Waals surface area contributed by atoms with Crippen molar-refractivity contribution in [1.29, 1.82) is 0 Å². The zero-order chi connectivity index (χ0) is 12.0. The van der Waals surface area contributed by atoms with Gasteiger partial charge in [0.1, 0.15) is 5.75 Å². The lowest BCUT2D eigenvalue weighted by Crippen LogP contribution is -2.33. The maximum atomic E-state index is 9.12. The first-order valence-electron chi connectivity index (χ1n) is 5.72. The van der Waals surface area contributed by atoms with Gasteiger partial charge in [0, 0.05) is 12.1 Å². The standard InChI is InChI=1S/C13H21NO2/c1-4-12(9-15)14-10(2)11-5-7-13(16-3)8-6-11/h5-8,10,12,14-15H,4,9H2,1-3H3.